The highest BCUT2D eigenvalue weighted by molar-refractivity contribution is 5.57. The molecule has 0 spiro atoms. The second kappa shape index (κ2) is 5.64. The molecular weight excluding hydrogens is 231 g/mol. The van der Waals surface area contributed by atoms with Gasteiger partial charge in [-0.3, -0.25) is 0 Å². The molecule has 0 saturated carbocycles. The maximum Gasteiger partial charge on any atom is 0.209 e. The van der Waals surface area contributed by atoms with Crippen molar-refractivity contribution in [2.75, 3.05) is 18.0 Å². The van der Waals surface area contributed by atoms with Crippen LogP contribution in [0.1, 0.15) is 6.42 Å². The van der Waals surface area contributed by atoms with Gasteiger partial charge >= 0.3 is 0 Å². The molecule has 0 aliphatic heterocycles. The Bertz CT molecular complexity index is 509. The Morgan fingerprint density at radius 3 is 2.89 bits per heavy atom. The molecule has 2 N–H and O–H groups in total. The molecule has 4 nitrogen and oxygen atoms in total. The van der Waals surface area contributed by atoms with Crippen molar-refractivity contribution in [3.8, 4) is 0 Å². The maximum atomic E-state index is 13.3. The summed E-state index contributed by atoms with van der Waals surface area (Å²) in [6.07, 6.45) is 4.41. The number of halogens is 1. The highest BCUT2D eigenvalue weighted by Gasteiger charge is 2.13. The Balaban J connectivity index is 2.33. The topological polar surface area (TPSA) is 47.1 Å². The third-order valence-electron chi connectivity index (χ3n) is 2.74. The summed E-state index contributed by atoms with van der Waals surface area (Å²) in [5, 5.41) is 0. The second-order valence-electron chi connectivity index (χ2n) is 4.11. The third kappa shape index (κ3) is 2.68. The largest absolute Gasteiger partial charge is 0.330 e. The van der Waals surface area contributed by atoms with Crippen molar-refractivity contribution in [3.05, 3.63) is 42.5 Å². The van der Waals surface area contributed by atoms with Crippen molar-refractivity contribution in [1.29, 1.82) is 0 Å². The van der Waals surface area contributed by atoms with Gasteiger partial charge in [0.15, 0.2) is 0 Å². The molecule has 1 aromatic heterocycles. The fraction of sp³-hybridized carbons (Fsp3) is 0.308. The molecule has 5 heteroatoms. The Kier molecular flexibility index (Phi) is 3.94. The first-order chi connectivity index (χ1) is 8.72. The molecule has 0 bridgehead atoms. The van der Waals surface area contributed by atoms with Gasteiger partial charge < -0.3 is 15.2 Å². The number of aromatic nitrogens is 2. The number of hydrogen-bond acceptors (Lipinski definition) is 3. The van der Waals surface area contributed by atoms with Crippen LogP contribution in [0, 0.1) is 5.82 Å². The summed E-state index contributed by atoms with van der Waals surface area (Å²) in [4.78, 5) is 6.27. The van der Waals surface area contributed by atoms with Crippen molar-refractivity contribution in [1.82, 2.24) is 9.55 Å². The van der Waals surface area contributed by atoms with E-state index >= 15 is 0 Å². The first-order valence-corrected chi connectivity index (χ1v) is 5.93. The summed E-state index contributed by atoms with van der Waals surface area (Å²) in [5.74, 6) is 0.536. The molecule has 2 aromatic rings. The van der Waals surface area contributed by atoms with E-state index in [9.17, 15) is 4.39 Å². The third-order valence-corrected chi connectivity index (χ3v) is 2.74. The first kappa shape index (κ1) is 12.6. The van der Waals surface area contributed by atoms with Crippen molar-refractivity contribution in [3.63, 3.8) is 0 Å². The number of hydrogen-bond donors (Lipinski definition) is 1. The summed E-state index contributed by atoms with van der Waals surface area (Å²) in [5.41, 5.74) is 6.34. The van der Waals surface area contributed by atoms with Gasteiger partial charge in [0.05, 0.1) is 0 Å². The van der Waals surface area contributed by atoms with Crippen LogP contribution in [-0.2, 0) is 7.05 Å². The average molecular weight is 248 g/mol. The summed E-state index contributed by atoms with van der Waals surface area (Å²) < 4.78 is 15.2. The molecule has 0 saturated heterocycles. The van der Waals surface area contributed by atoms with Crippen molar-refractivity contribution < 1.29 is 4.39 Å². The Hall–Kier alpha value is -1.88. The van der Waals surface area contributed by atoms with Gasteiger partial charge in [0.25, 0.3) is 0 Å². The maximum absolute atomic E-state index is 13.3. The van der Waals surface area contributed by atoms with Crippen molar-refractivity contribution in [2.24, 2.45) is 12.8 Å². The standard InChI is InChI=1S/C13H17FN4/c1-17-9-7-16-13(17)18(8-3-6-15)12-5-2-4-11(14)10-12/h2,4-5,7,9-10H,3,6,8,15H2,1H3. The van der Waals surface area contributed by atoms with Crippen LogP contribution in [0.2, 0.25) is 0 Å². The molecule has 0 unspecified atom stereocenters. The van der Waals surface area contributed by atoms with Crippen LogP contribution < -0.4 is 10.6 Å². The average Bonchev–Trinajstić information content (AvgIpc) is 2.77. The second-order valence-corrected chi connectivity index (χ2v) is 4.11. The molecule has 0 amide bonds. The number of nitrogens with zero attached hydrogens (tertiary/aromatic N) is 3. The minimum absolute atomic E-state index is 0.251. The van der Waals surface area contributed by atoms with E-state index in [-0.39, 0.29) is 5.82 Å². The van der Waals surface area contributed by atoms with Gasteiger partial charge in [-0.25, -0.2) is 9.37 Å². The van der Waals surface area contributed by atoms with Gasteiger partial charge in [-0.2, -0.15) is 0 Å². The van der Waals surface area contributed by atoms with E-state index in [2.05, 4.69) is 4.98 Å². The van der Waals surface area contributed by atoms with E-state index < -0.39 is 0 Å². The quantitative estimate of drug-likeness (QED) is 0.881. The molecule has 18 heavy (non-hydrogen) atoms. The zero-order valence-electron chi connectivity index (χ0n) is 10.4. The number of nitrogens with two attached hydrogens (primary N) is 1. The van der Waals surface area contributed by atoms with Crippen molar-refractivity contribution in [2.45, 2.75) is 6.42 Å². The molecule has 0 fully saturated rings. The van der Waals surface area contributed by atoms with Crippen LogP contribution in [0.3, 0.4) is 0 Å². The Labute approximate surface area is 106 Å². The number of rotatable bonds is 5. The Morgan fingerprint density at radius 2 is 2.28 bits per heavy atom. The van der Waals surface area contributed by atoms with Gasteiger partial charge in [-0.15, -0.1) is 0 Å². The minimum atomic E-state index is -0.251. The molecule has 1 aromatic carbocycles. The molecular formula is C13H17FN4. The fourth-order valence-electron chi connectivity index (χ4n) is 1.86. The number of benzene rings is 1. The lowest BCUT2D eigenvalue weighted by molar-refractivity contribution is 0.627. The smallest absolute Gasteiger partial charge is 0.209 e. The lowest BCUT2D eigenvalue weighted by Crippen LogP contribution is -2.23. The van der Waals surface area contributed by atoms with Crippen LogP contribution >= 0.6 is 0 Å². The lowest BCUT2D eigenvalue weighted by Gasteiger charge is -2.23. The van der Waals surface area contributed by atoms with Crippen LogP contribution in [0.4, 0.5) is 16.0 Å². The van der Waals surface area contributed by atoms with Gasteiger partial charge in [0.2, 0.25) is 5.95 Å². The van der Waals surface area contributed by atoms with Crippen LogP contribution in [0.5, 0.6) is 0 Å². The fourth-order valence-corrected chi connectivity index (χ4v) is 1.86. The molecule has 0 radical (unpaired) electrons. The SMILES string of the molecule is Cn1ccnc1N(CCCN)c1cccc(F)c1. The molecule has 0 aliphatic rings. The van der Waals surface area contributed by atoms with Gasteiger partial charge in [0.1, 0.15) is 5.82 Å². The molecule has 2 rings (SSSR count). The summed E-state index contributed by atoms with van der Waals surface area (Å²) in [6, 6.07) is 6.51. The van der Waals surface area contributed by atoms with E-state index in [4.69, 9.17) is 5.73 Å². The summed E-state index contributed by atoms with van der Waals surface area (Å²) in [6.45, 7) is 1.31. The zero-order valence-corrected chi connectivity index (χ0v) is 10.4. The normalized spacial score (nSPS) is 10.6. The molecule has 0 aliphatic carbocycles. The van der Waals surface area contributed by atoms with Crippen LogP contribution in [-0.4, -0.2) is 22.6 Å². The summed E-state index contributed by atoms with van der Waals surface area (Å²) >= 11 is 0. The van der Waals surface area contributed by atoms with Gasteiger partial charge in [-0.1, -0.05) is 6.07 Å². The van der Waals surface area contributed by atoms with E-state index in [0.29, 0.717) is 13.1 Å². The van der Waals surface area contributed by atoms with E-state index in [1.807, 2.05) is 28.8 Å². The van der Waals surface area contributed by atoms with Crippen LogP contribution in [0.15, 0.2) is 36.7 Å². The van der Waals surface area contributed by atoms with Crippen LogP contribution in [0.25, 0.3) is 0 Å². The number of imidazole rings is 1. The number of aryl methyl sites for hydroxylation is 1. The van der Waals surface area contributed by atoms with E-state index in [1.54, 1.807) is 12.3 Å². The minimum Gasteiger partial charge on any atom is -0.330 e. The Morgan fingerprint density at radius 1 is 1.44 bits per heavy atom. The summed E-state index contributed by atoms with van der Waals surface area (Å²) in [7, 11) is 1.91. The first-order valence-electron chi connectivity index (χ1n) is 5.93. The van der Waals surface area contributed by atoms with Gasteiger partial charge in [-0.05, 0) is 31.2 Å². The highest BCUT2D eigenvalue weighted by Crippen LogP contribution is 2.24. The predicted molar refractivity (Wildman–Crippen MR) is 70.3 cm³/mol. The molecule has 96 valence electrons. The molecule has 0 atom stereocenters. The van der Waals surface area contributed by atoms with Crippen molar-refractivity contribution >= 4 is 11.6 Å². The molecule has 1 heterocycles. The predicted octanol–water partition coefficient (Wildman–Crippen LogP) is 2.05. The zero-order chi connectivity index (χ0) is 13.0. The monoisotopic (exact) mass is 248 g/mol. The van der Waals surface area contributed by atoms with E-state index in [0.717, 1.165) is 18.1 Å². The lowest BCUT2D eigenvalue weighted by atomic mass is 10.2. The highest BCUT2D eigenvalue weighted by atomic mass is 19.1. The van der Waals surface area contributed by atoms with Gasteiger partial charge in [0, 0.05) is 31.7 Å². The number of anilines is 2. The van der Waals surface area contributed by atoms with E-state index in [1.165, 1.54) is 12.1 Å².